The first-order valence-electron chi connectivity index (χ1n) is 4.16. The average molecular weight is 156 g/mol. The molecule has 1 aliphatic rings. The molecule has 1 heterocycles. The Kier molecular flexibility index (Phi) is 3.02. The number of aldehydes is 1. The maximum absolute atomic E-state index is 10.4. The SMILES string of the molecule is CC(C)[C@@H]1CNCC(C=O)N1. The molecule has 0 saturated carbocycles. The van der Waals surface area contributed by atoms with Crippen LogP contribution in [-0.4, -0.2) is 31.5 Å². The van der Waals surface area contributed by atoms with Crippen molar-refractivity contribution in [1.82, 2.24) is 10.6 Å². The second-order valence-corrected chi connectivity index (χ2v) is 3.42. The minimum Gasteiger partial charge on any atom is -0.313 e. The van der Waals surface area contributed by atoms with Crippen molar-refractivity contribution in [2.24, 2.45) is 5.92 Å². The third-order valence-electron chi connectivity index (χ3n) is 2.13. The molecule has 64 valence electrons. The van der Waals surface area contributed by atoms with Gasteiger partial charge in [-0.2, -0.15) is 0 Å². The van der Waals surface area contributed by atoms with Gasteiger partial charge in [0.1, 0.15) is 6.29 Å². The van der Waals surface area contributed by atoms with Crippen LogP contribution in [0.4, 0.5) is 0 Å². The van der Waals surface area contributed by atoms with Gasteiger partial charge in [0, 0.05) is 19.1 Å². The minimum absolute atomic E-state index is 0.0103. The highest BCUT2D eigenvalue weighted by molar-refractivity contribution is 5.58. The molecule has 0 amide bonds. The van der Waals surface area contributed by atoms with Crippen molar-refractivity contribution in [2.75, 3.05) is 13.1 Å². The number of rotatable bonds is 2. The van der Waals surface area contributed by atoms with Crippen LogP contribution in [0.3, 0.4) is 0 Å². The van der Waals surface area contributed by atoms with Crippen molar-refractivity contribution in [2.45, 2.75) is 25.9 Å². The molecule has 0 aromatic rings. The van der Waals surface area contributed by atoms with E-state index in [1.807, 2.05) is 0 Å². The van der Waals surface area contributed by atoms with E-state index in [0.29, 0.717) is 12.0 Å². The summed E-state index contributed by atoms with van der Waals surface area (Å²) >= 11 is 0. The molecule has 0 radical (unpaired) electrons. The number of nitrogens with one attached hydrogen (secondary N) is 2. The Morgan fingerprint density at radius 3 is 2.73 bits per heavy atom. The molecule has 1 aliphatic heterocycles. The lowest BCUT2D eigenvalue weighted by atomic mass is 10.0. The second-order valence-electron chi connectivity index (χ2n) is 3.42. The van der Waals surface area contributed by atoms with Crippen molar-refractivity contribution in [3.63, 3.8) is 0 Å². The van der Waals surface area contributed by atoms with E-state index < -0.39 is 0 Å². The predicted octanol–water partition coefficient (Wildman–Crippen LogP) is -0.229. The lowest BCUT2D eigenvalue weighted by Gasteiger charge is -2.31. The average Bonchev–Trinajstić information content (AvgIpc) is 2.05. The van der Waals surface area contributed by atoms with Gasteiger partial charge in [-0.25, -0.2) is 0 Å². The van der Waals surface area contributed by atoms with Crippen LogP contribution in [0.25, 0.3) is 0 Å². The molecular weight excluding hydrogens is 140 g/mol. The standard InChI is InChI=1S/C8H16N2O/c1-6(2)8-4-9-3-7(5-11)10-8/h5-10H,3-4H2,1-2H3/t7?,8-/m0/s1. The Labute approximate surface area is 67.5 Å². The fraction of sp³-hybridized carbons (Fsp3) is 0.875. The lowest BCUT2D eigenvalue weighted by molar-refractivity contribution is -0.110. The molecule has 1 saturated heterocycles. The number of hydrogen-bond donors (Lipinski definition) is 2. The van der Waals surface area contributed by atoms with E-state index in [1.54, 1.807) is 0 Å². The van der Waals surface area contributed by atoms with E-state index in [-0.39, 0.29) is 6.04 Å². The number of carbonyl (C=O) groups is 1. The quantitative estimate of drug-likeness (QED) is 0.543. The molecule has 0 spiro atoms. The van der Waals surface area contributed by atoms with Gasteiger partial charge in [-0.15, -0.1) is 0 Å². The summed E-state index contributed by atoms with van der Waals surface area (Å²) in [5.41, 5.74) is 0. The molecule has 0 aromatic carbocycles. The number of hydrogen-bond acceptors (Lipinski definition) is 3. The molecule has 2 N–H and O–H groups in total. The zero-order valence-corrected chi connectivity index (χ0v) is 7.13. The summed E-state index contributed by atoms with van der Waals surface area (Å²) in [7, 11) is 0. The summed E-state index contributed by atoms with van der Waals surface area (Å²) in [6, 6.07) is 0.454. The first-order chi connectivity index (χ1) is 5.24. The van der Waals surface area contributed by atoms with E-state index >= 15 is 0 Å². The molecule has 0 bridgehead atoms. The van der Waals surface area contributed by atoms with E-state index in [4.69, 9.17) is 0 Å². The van der Waals surface area contributed by atoms with E-state index in [9.17, 15) is 4.79 Å². The summed E-state index contributed by atoms with van der Waals surface area (Å²) in [4.78, 5) is 10.4. The Morgan fingerprint density at radius 1 is 1.45 bits per heavy atom. The molecule has 1 rings (SSSR count). The van der Waals surface area contributed by atoms with Gasteiger partial charge in [0.05, 0.1) is 6.04 Å². The third-order valence-corrected chi connectivity index (χ3v) is 2.13. The third kappa shape index (κ3) is 2.27. The Morgan fingerprint density at radius 2 is 2.18 bits per heavy atom. The molecule has 0 aliphatic carbocycles. The van der Waals surface area contributed by atoms with E-state index in [1.165, 1.54) is 0 Å². The van der Waals surface area contributed by atoms with Crippen LogP contribution in [0.2, 0.25) is 0 Å². The molecule has 11 heavy (non-hydrogen) atoms. The van der Waals surface area contributed by atoms with Crippen molar-refractivity contribution in [1.29, 1.82) is 0 Å². The zero-order chi connectivity index (χ0) is 8.27. The van der Waals surface area contributed by atoms with Crippen LogP contribution >= 0.6 is 0 Å². The summed E-state index contributed by atoms with van der Waals surface area (Å²) in [5.74, 6) is 0.588. The van der Waals surface area contributed by atoms with Gasteiger partial charge < -0.3 is 15.4 Å². The summed E-state index contributed by atoms with van der Waals surface area (Å²) < 4.78 is 0. The maximum Gasteiger partial charge on any atom is 0.138 e. The highest BCUT2D eigenvalue weighted by Gasteiger charge is 2.21. The van der Waals surface area contributed by atoms with Crippen molar-refractivity contribution in [3.8, 4) is 0 Å². The summed E-state index contributed by atoms with van der Waals surface area (Å²) in [6.45, 7) is 6.06. The van der Waals surface area contributed by atoms with Gasteiger partial charge in [-0.3, -0.25) is 0 Å². The van der Waals surface area contributed by atoms with Crippen molar-refractivity contribution >= 4 is 6.29 Å². The van der Waals surface area contributed by atoms with Gasteiger partial charge in [-0.05, 0) is 5.92 Å². The Hall–Kier alpha value is -0.410. The fourth-order valence-corrected chi connectivity index (χ4v) is 1.30. The van der Waals surface area contributed by atoms with Gasteiger partial charge in [0.15, 0.2) is 0 Å². The van der Waals surface area contributed by atoms with Crippen LogP contribution in [0, 0.1) is 5.92 Å². The monoisotopic (exact) mass is 156 g/mol. The molecule has 1 unspecified atom stereocenters. The van der Waals surface area contributed by atoms with Crippen LogP contribution in [0.1, 0.15) is 13.8 Å². The van der Waals surface area contributed by atoms with Gasteiger partial charge >= 0.3 is 0 Å². The minimum atomic E-state index is 0.0103. The highest BCUT2D eigenvalue weighted by atomic mass is 16.1. The first-order valence-corrected chi connectivity index (χ1v) is 4.16. The van der Waals surface area contributed by atoms with Gasteiger partial charge in [0.25, 0.3) is 0 Å². The van der Waals surface area contributed by atoms with E-state index in [0.717, 1.165) is 19.4 Å². The molecule has 3 heteroatoms. The largest absolute Gasteiger partial charge is 0.313 e. The molecule has 3 nitrogen and oxygen atoms in total. The van der Waals surface area contributed by atoms with Gasteiger partial charge in [0.2, 0.25) is 0 Å². The molecule has 0 aromatic heterocycles. The summed E-state index contributed by atoms with van der Waals surface area (Å²) in [6.07, 6.45) is 0.974. The summed E-state index contributed by atoms with van der Waals surface area (Å²) in [5, 5.41) is 6.50. The number of carbonyl (C=O) groups excluding carboxylic acids is 1. The molecule has 1 fully saturated rings. The van der Waals surface area contributed by atoms with Crippen LogP contribution in [0.5, 0.6) is 0 Å². The number of piperazine rings is 1. The van der Waals surface area contributed by atoms with Crippen molar-refractivity contribution in [3.05, 3.63) is 0 Å². The topological polar surface area (TPSA) is 41.1 Å². The normalized spacial score (nSPS) is 32.3. The lowest BCUT2D eigenvalue weighted by Crippen LogP contribution is -2.57. The van der Waals surface area contributed by atoms with Crippen LogP contribution < -0.4 is 10.6 Å². The van der Waals surface area contributed by atoms with Crippen LogP contribution in [0.15, 0.2) is 0 Å². The molecule has 2 atom stereocenters. The highest BCUT2D eigenvalue weighted by Crippen LogP contribution is 2.03. The fourth-order valence-electron chi connectivity index (χ4n) is 1.30. The molecular formula is C8H16N2O. The smallest absolute Gasteiger partial charge is 0.138 e. The van der Waals surface area contributed by atoms with Crippen molar-refractivity contribution < 1.29 is 4.79 Å². The Bertz CT molecular complexity index is 136. The first kappa shape index (κ1) is 8.68. The predicted molar refractivity (Wildman–Crippen MR) is 44.5 cm³/mol. The Balaban J connectivity index is 2.39. The maximum atomic E-state index is 10.4. The van der Waals surface area contributed by atoms with Crippen LogP contribution in [-0.2, 0) is 4.79 Å². The van der Waals surface area contributed by atoms with E-state index in [2.05, 4.69) is 24.5 Å². The van der Waals surface area contributed by atoms with Gasteiger partial charge in [-0.1, -0.05) is 13.8 Å². The zero-order valence-electron chi connectivity index (χ0n) is 7.13. The second kappa shape index (κ2) is 3.83.